The maximum atomic E-state index is 11.8. The summed E-state index contributed by atoms with van der Waals surface area (Å²) in [5, 5.41) is 53.5. The van der Waals surface area contributed by atoms with Crippen molar-refractivity contribution in [1.82, 2.24) is 15.2 Å². The molecule has 78 heavy (non-hydrogen) atoms. The Bertz CT molecular complexity index is 3320. The van der Waals surface area contributed by atoms with Gasteiger partial charge in [0.1, 0.15) is 30.1 Å². The van der Waals surface area contributed by atoms with E-state index in [9.17, 15) is 20.4 Å². The lowest BCUT2D eigenvalue weighted by Gasteiger charge is -2.59. The summed E-state index contributed by atoms with van der Waals surface area (Å²) in [7, 11) is 1.94. The number of aromatic hydroxyl groups is 3. The van der Waals surface area contributed by atoms with Gasteiger partial charge in [-0.3, -0.25) is 0 Å². The molecule has 1 saturated heterocycles. The summed E-state index contributed by atoms with van der Waals surface area (Å²) in [6.45, 7) is 1.73. The molecular weight excluding hydrogens is 973 g/mol. The number of aliphatic hydroxyl groups excluding tert-OH is 1. The van der Waals surface area contributed by atoms with Gasteiger partial charge in [0, 0.05) is 71.1 Å². The first kappa shape index (κ1) is 52.2. The van der Waals surface area contributed by atoms with Gasteiger partial charge >= 0.3 is 0 Å². The number of nitrogens with zero attached hydrogens (tertiary/aromatic N) is 1. The molecule has 406 valence electrons. The normalized spacial score (nSPS) is 25.2. The number of aliphatic hydroxyl groups is 1. The van der Waals surface area contributed by atoms with Gasteiger partial charge in [0.15, 0.2) is 11.5 Å². The Labute approximate surface area is 459 Å². The van der Waals surface area contributed by atoms with Gasteiger partial charge in [-0.15, -0.1) is 0 Å². The average Bonchev–Trinajstić information content (AvgIpc) is 3.89. The Balaban J connectivity index is 0.986. The number of phenolic OH excluding ortho intramolecular Hbond substituents is 3. The number of nitrogens with one attached hydrogen (secondary N) is 2. The molecule has 1 spiro atoms. The zero-order valence-electron chi connectivity index (χ0n) is 45.2. The Morgan fingerprint density at radius 2 is 1.68 bits per heavy atom. The van der Waals surface area contributed by atoms with E-state index in [4.69, 9.17) is 19.9 Å². The quantitative estimate of drug-likeness (QED) is 0.0730. The summed E-state index contributed by atoms with van der Waals surface area (Å²) < 4.78 is 23.1. The zero-order chi connectivity index (χ0) is 53.4. The standard InChI is InChI=1S/C67H76N4O7/c1-69-38-56-55-23-18-43(15-16-44-19-24-60(74)48(31-44)32-46-10-7-12-52(72)33-46)9-8-13-54-37-53(73)22-17-45-20-25-61(75)62(34-45)77-41-50-36-51(35-49-39-71(40-57(49)50)65(70-64(56)68)58(55)42-76-54)67-29-30-78-66(27-5-2-6-28-66)63(67)26-21-47-11-3-4-14-59(47)67/h3-4,7,10-12,14,19-20,24-25,31,33-36,39-40,43,53-54,63-64,69-70,72-75H,2,5-6,8-9,13,15-17,21-22,26-30,32,37-38,41-42,68H2,1H3/t43-,53+,54-,63+,64?,67+/m0/s1. The number of aromatic nitrogens is 1. The number of hydrogen-bond acceptors (Lipinski definition) is 10. The maximum absolute atomic E-state index is 11.8. The Morgan fingerprint density at radius 3 is 2.55 bits per heavy atom. The smallest absolute Gasteiger partial charge is 0.161 e. The van der Waals surface area contributed by atoms with Crippen molar-refractivity contribution in [2.45, 2.75) is 145 Å². The van der Waals surface area contributed by atoms with Crippen LogP contribution in [0.25, 0.3) is 16.6 Å². The van der Waals surface area contributed by atoms with Crippen molar-refractivity contribution in [2.75, 3.05) is 26.8 Å². The van der Waals surface area contributed by atoms with Crippen molar-refractivity contribution in [2.24, 2.45) is 17.6 Å². The first-order valence-electron chi connectivity index (χ1n) is 28.9. The van der Waals surface area contributed by atoms with Crippen molar-refractivity contribution < 1.29 is 34.6 Å². The maximum Gasteiger partial charge on any atom is 0.161 e. The number of ether oxygens (including phenoxy) is 3. The lowest BCUT2D eigenvalue weighted by Crippen LogP contribution is -2.59. The van der Waals surface area contributed by atoms with Crippen molar-refractivity contribution in [3.8, 4) is 34.8 Å². The molecule has 1 aromatic heterocycles. The molecule has 5 aromatic carbocycles. The number of nitrogens with two attached hydrogens (primary N) is 1. The summed E-state index contributed by atoms with van der Waals surface area (Å²) in [6, 6.07) is 32.7. The highest BCUT2D eigenvalue weighted by Crippen LogP contribution is 2.59. The number of rotatable bonds is 8. The van der Waals surface area contributed by atoms with Crippen molar-refractivity contribution in [3.05, 3.63) is 171 Å². The molecule has 1 saturated carbocycles. The van der Waals surface area contributed by atoms with Gasteiger partial charge in [0.05, 0.1) is 24.4 Å². The third kappa shape index (κ3) is 10.3. The van der Waals surface area contributed by atoms with Crippen LogP contribution in [0.5, 0.6) is 23.0 Å². The van der Waals surface area contributed by atoms with Crippen molar-refractivity contribution >= 4 is 16.6 Å². The first-order valence-corrected chi connectivity index (χ1v) is 28.9. The number of hydrogen-bond donors (Lipinski definition) is 7. The fraction of sp³-hybridized carbons (Fsp3) is 0.433. The van der Waals surface area contributed by atoms with Crippen molar-refractivity contribution in [3.63, 3.8) is 0 Å². The van der Waals surface area contributed by atoms with Crippen LogP contribution in [-0.2, 0) is 47.2 Å². The molecule has 8 N–H and O–H groups in total. The third-order valence-electron chi connectivity index (χ3n) is 18.5. The fourth-order valence-electron chi connectivity index (χ4n) is 14.6. The van der Waals surface area contributed by atoms with E-state index in [-0.39, 0.29) is 53.5 Å². The van der Waals surface area contributed by atoms with Crippen LogP contribution in [-0.4, -0.2) is 75.8 Å². The highest BCUT2D eigenvalue weighted by atomic mass is 16.5. The summed E-state index contributed by atoms with van der Waals surface area (Å²) >= 11 is 0. The van der Waals surface area contributed by atoms with E-state index >= 15 is 0 Å². The minimum Gasteiger partial charge on any atom is -0.508 e. The van der Waals surface area contributed by atoms with Crippen LogP contribution in [0.15, 0.2) is 126 Å². The number of aryl methyl sites for hydroxylation is 3. The molecule has 1 unspecified atom stereocenters. The fourth-order valence-corrected chi connectivity index (χ4v) is 14.6. The summed E-state index contributed by atoms with van der Waals surface area (Å²) in [5.74, 6) is 9.69. The number of benzene rings is 5. The second-order valence-electron chi connectivity index (χ2n) is 23.3. The van der Waals surface area contributed by atoms with E-state index < -0.39 is 12.3 Å². The van der Waals surface area contributed by atoms with Gasteiger partial charge < -0.3 is 55.6 Å². The molecule has 6 aliphatic rings. The predicted octanol–water partition coefficient (Wildman–Crippen LogP) is 11.0. The molecule has 4 aliphatic heterocycles. The van der Waals surface area contributed by atoms with Gasteiger partial charge in [-0.2, -0.15) is 0 Å². The largest absolute Gasteiger partial charge is 0.508 e. The molecule has 12 rings (SSSR count). The van der Waals surface area contributed by atoms with E-state index in [1.165, 1.54) is 36.0 Å². The topological polar surface area (TPSA) is 164 Å². The molecule has 2 aliphatic carbocycles. The van der Waals surface area contributed by atoms with Crippen LogP contribution in [0.1, 0.15) is 128 Å². The minimum absolute atomic E-state index is 0.0441. The van der Waals surface area contributed by atoms with Gasteiger partial charge in [0.25, 0.3) is 0 Å². The molecule has 11 heteroatoms. The molecule has 0 amide bonds. The van der Waals surface area contributed by atoms with E-state index in [0.29, 0.717) is 50.5 Å². The first-order chi connectivity index (χ1) is 38.1. The predicted molar refractivity (Wildman–Crippen MR) is 306 cm³/mol. The van der Waals surface area contributed by atoms with Crippen LogP contribution in [0.2, 0.25) is 0 Å². The summed E-state index contributed by atoms with van der Waals surface area (Å²) in [5.41, 5.74) is 18.6. The lowest BCUT2D eigenvalue weighted by atomic mass is 9.51. The summed E-state index contributed by atoms with van der Waals surface area (Å²) in [6.07, 6.45) is 18.0. The van der Waals surface area contributed by atoms with E-state index in [1.54, 1.807) is 24.3 Å². The summed E-state index contributed by atoms with van der Waals surface area (Å²) in [4.78, 5) is 0. The molecule has 11 nitrogen and oxygen atoms in total. The lowest BCUT2D eigenvalue weighted by molar-refractivity contribution is -0.166. The highest BCUT2D eigenvalue weighted by molar-refractivity contribution is 5.89. The molecule has 0 radical (unpaired) electrons. The Morgan fingerprint density at radius 1 is 0.808 bits per heavy atom. The second-order valence-corrected chi connectivity index (χ2v) is 23.3. The second kappa shape index (κ2) is 22.3. The van der Waals surface area contributed by atoms with Gasteiger partial charge in [-0.25, -0.2) is 0 Å². The molecule has 2 fully saturated rings. The number of phenols is 3. The minimum atomic E-state index is -0.622. The molecule has 5 heterocycles. The zero-order valence-corrected chi connectivity index (χ0v) is 45.2. The van der Waals surface area contributed by atoms with Crippen LogP contribution >= 0.6 is 0 Å². The Kier molecular flexibility index (Phi) is 14.9. The average molecular weight is 1050 g/mol. The van der Waals surface area contributed by atoms with E-state index in [1.807, 2.05) is 37.4 Å². The Hall–Kier alpha value is -6.52. The van der Waals surface area contributed by atoms with E-state index in [0.717, 1.165) is 125 Å². The molecule has 6 bridgehead atoms. The number of likely N-dealkylation sites (N-methyl/N-ethyl adjacent to an activating group) is 1. The molecule has 6 atom stereocenters. The SMILES string of the molecule is CNCC1=C2C#C[C@H](CCc3ccc(O)c(Cc4cccc(O)c4)c3)CCC[C@H]3C[C@H](O)CCc4ccc(O)c(c4)OCc4cc([C@@]56CCOC7(CCCCC7)[C@H]5CCc5ccccc56)cc5cn(cc45)C(=C2CO3)NC1N. The molecular formula is C67H76N4O7. The van der Waals surface area contributed by atoms with Gasteiger partial charge in [-0.05, 0) is 177 Å². The van der Waals surface area contributed by atoms with Crippen LogP contribution < -0.4 is 21.1 Å². The van der Waals surface area contributed by atoms with E-state index in [2.05, 4.69) is 81.9 Å². The number of dihydropyridines is 1. The molecule has 6 aromatic rings. The monoisotopic (exact) mass is 1050 g/mol. The van der Waals surface area contributed by atoms with Gasteiger partial charge in [-0.1, -0.05) is 91.8 Å². The highest BCUT2D eigenvalue weighted by Gasteiger charge is 2.58. The van der Waals surface area contributed by atoms with Crippen molar-refractivity contribution in [1.29, 1.82) is 0 Å². The van der Waals surface area contributed by atoms with Crippen LogP contribution in [0, 0.1) is 23.7 Å². The van der Waals surface area contributed by atoms with Gasteiger partial charge in [0.2, 0.25) is 0 Å². The van der Waals surface area contributed by atoms with Crippen LogP contribution in [0.4, 0.5) is 0 Å². The van der Waals surface area contributed by atoms with Crippen LogP contribution in [0.3, 0.4) is 0 Å². The third-order valence-corrected chi connectivity index (χ3v) is 18.5. The number of fused-ring (bicyclic) bond motifs is 10.